The molecule has 0 saturated heterocycles. The fraction of sp³-hybridized carbons (Fsp3) is 0.286. The molecule has 23 heavy (non-hydrogen) atoms. The Labute approximate surface area is 146 Å². The largest absolute Gasteiger partial charge is 0.479 e. The van der Waals surface area contributed by atoms with E-state index in [-0.39, 0.29) is 29.8 Å². The van der Waals surface area contributed by atoms with E-state index in [1.165, 1.54) is 10.6 Å². The maximum Gasteiger partial charge on any atom is 0.204 e. The van der Waals surface area contributed by atoms with E-state index in [1.54, 1.807) is 9.36 Å². The Morgan fingerprint density at radius 2 is 2.09 bits per heavy atom. The summed E-state index contributed by atoms with van der Waals surface area (Å²) < 4.78 is 30.7. The molecule has 0 spiro atoms. The molecule has 0 fully saturated rings. The summed E-state index contributed by atoms with van der Waals surface area (Å²) in [4.78, 5) is 0. The summed E-state index contributed by atoms with van der Waals surface area (Å²) in [6, 6.07) is 2.59. The predicted molar refractivity (Wildman–Crippen MR) is 88.7 cm³/mol. The summed E-state index contributed by atoms with van der Waals surface area (Å²) in [7, 11) is 0. The maximum atomic E-state index is 14.4. The van der Waals surface area contributed by atoms with Crippen LogP contribution in [0.25, 0.3) is 5.69 Å². The van der Waals surface area contributed by atoms with Gasteiger partial charge in [0.15, 0.2) is 0 Å². The van der Waals surface area contributed by atoms with Crippen molar-refractivity contribution in [2.45, 2.75) is 13.3 Å². The number of hydrogen-bond acceptors (Lipinski definition) is 4. The van der Waals surface area contributed by atoms with Crippen LogP contribution in [0.4, 0.5) is 4.39 Å². The molecule has 5 nitrogen and oxygen atoms in total. The topological polar surface area (TPSA) is 33.2 Å². The van der Waals surface area contributed by atoms with Crippen LogP contribution in [0, 0.1) is 27.7 Å². The zero-order valence-corrected chi connectivity index (χ0v) is 14.2. The van der Waals surface area contributed by atoms with Crippen LogP contribution in [0.5, 0.6) is 5.75 Å². The third-order valence-electron chi connectivity index (χ3n) is 3.33. The van der Waals surface area contributed by atoms with E-state index in [9.17, 15) is 4.39 Å². The zero-order valence-electron chi connectivity index (χ0n) is 11.8. The molecular weight excluding hydrogens is 361 g/mol. The summed E-state index contributed by atoms with van der Waals surface area (Å²) in [5.41, 5.74) is 0.158. The van der Waals surface area contributed by atoms with Gasteiger partial charge in [0.1, 0.15) is 24.9 Å². The molecule has 2 aromatic rings. The van der Waals surface area contributed by atoms with Crippen molar-refractivity contribution in [1.29, 1.82) is 0 Å². The third kappa shape index (κ3) is 2.81. The summed E-state index contributed by atoms with van der Waals surface area (Å²) in [6.07, 6.45) is 5.17. The monoisotopic (exact) mass is 371 g/mol. The van der Waals surface area contributed by atoms with Gasteiger partial charge >= 0.3 is 0 Å². The van der Waals surface area contributed by atoms with Gasteiger partial charge in [-0.1, -0.05) is 17.5 Å². The molecule has 0 unspecified atom stereocenters. The lowest BCUT2D eigenvalue weighted by Gasteiger charge is -2.16. The van der Waals surface area contributed by atoms with Crippen molar-refractivity contribution < 1.29 is 13.9 Å². The lowest BCUT2D eigenvalue weighted by Crippen LogP contribution is -2.23. The van der Waals surface area contributed by atoms with Crippen molar-refractivity contribution in [3.63, 3.8) is 0 Å². The predicted octanol–water partition coefficient (Wildman–Crippen LogP) is 3.33. The molecule has 0 radical (unpaired) electrons. The molecule has 0 saturated carbocycles. The highest BCUT2D eigenvalue weighted by molar-refractivity contribution is 7.72. The number of benzene rings is 1. The highest BCUT2D eigenvalue weighted by Crippen LogP contribution is 2.30. The van der Waals surface area contributed by atoms with Crippen LogP contribution < -0.4 is 4.74 Å². The minimum Gasteiger partial charge on any atom is -0.479 e. The normalized spacial score (nSPS) is 13.4. The van der Waals surface area contributed by atoms with E-state index >= 15 is 0 Å². The van der Waals surface area contributed by atoms with Crippen LogP contribution >= 0.6 is 36.0 Å². The van der Waals surface area contributed by atoms with Crippen molar-refractivity contribution in [2.24, 2.45) is 0 Å². The molecule has 1 aliphatic rings. The van der Waals surface area contributed by atoms with E-state index in [0.717, 1.165) is 6.07 Å². The van der Waals surface area contributed by atoms with Gasteiger partial charge in [0, 0.05) is 6.07 Å². The highest BCUT2D eigenvalue weighted by atomic mass is 35.5. The number of nitrogens with zero attached hydrogens (tertiary/aromatic N) is 3. The van der Waals surface area contributed by atoms with Crippen LogP contribution in [0.1, 0.15) is 0 Å². The Balaban J connectivity index is 2.20. The summed E-state index contributed by atoms with van der Waals surface area (Å²) in [6.45, 7) is 1.36. The Hall–Kier alpha value is -1.66. The minimum atomic E-state index is -0.560. The number of rotatable bonds is 3. The highest BCUT2D eigenvalue weighted by Gasteiger charge is 2.19. The lowest BCUT2D eigenvalue weighted by atomic mass is 10.3. The first-order valence-corrected chi connectivity index (χ1v) is 7.80. The smallest absolute Gasteiger partial charge is 0.204 e. The molecule has 1 aromatic carbocycles. The van der Waals surface area contributed by atoms with Gasteiger partial charge < -0.3 is 9.47 Å². The van der Waals surface area contributed by atoms with E-state index in [2.05, 4.69) is 5.92 Å². The molecule has 120 valence electrons. The lowest BCUT2D eigenvalue weighted by molar-refractivity contribution is 0.0142. The summed E-state index contributed by atoms with van der Waals surface area (Å²) in [5, 5.41) is 0.124. The summed E-state index contributed by atoms with van der Waals surface area (Å²) in [5.74, 6) is 2.04. The number of terminal acetylenes is 1. The van der Waals surface area contributed by atoms with Crippen molar-refractivity contribution >= 4 is 36.0 Å². The summed E-state index contributed by atoms with van der Waals surface area (Å²) >= 11 is 16.8. The molecule has 2 heterocycles. The Morgan fingerprint density at radius 1 is 1.35 bits per heavy atom. The molecule has 9 heteroatoms. The first kappa shape index (κ1) is 16.2. The molecule has 0 bridgehead atoms. The van der Waals surface area contributed by atoms with Crippen molar-refractivity contribution in [1.82, 2.24) is 13.9 Å². The van der Waals surface area contributed by atoms with Gasteiger partial charge in [-0.2, -0.15) is 0 Å². The van der Waals surface area contributed by atoms with Crippen LogP contribution in [-0.2, 0) is 18.0 Å². The van der Waals surface area contributed by atoms with Gasteiger partial charge in [-0.3, -0.25) is 9.25 Å². The fourth-order valence-corrected chi connectivity index (χ4v) is 3.26. The second-order valence-electron chi connectivity index (χ2n) is 4.69. The van der Waals surface area contributed by atoms with E-state index < -0.39 is 5.82 Å². The molecule has 0 N–H and O–H groups in total. The molecule has 1 aromatic heterocycles. The molecule has 3 rings (SSSR count). The van der Waals surface area contributed by atoms with Crippen LogP contribution in [0.15, 0.2) is 12.1 Å². The Kier molecular flexibility index (Phi) is 4.55. The van der Waals surface area contributed by atoms with Gasteiger partial charge in [-0.25, -0.2) is 9.07 Å². The van der Waals surface area contributed by atoms with Crippen LogP contribution in [0.3, 0.4) is 0 Å². The molecule has 0 atom stereocenters. The second kappa shape index (κ2) is 6.45. The molecule has 0 aliphatic carbocycles. The number of fused-ring (bicyclic) bond motifs is 1. The van der Waals surface area contributed by atoms with Crippen molar-refractivity contribution in [3.05, 3.63) is 32.5 Å². The Bertz CT molecular complexity index is 888. The van der Waals surface area contributed by atoms with Crippen molar-refractivity contribution in [2.75, 3.05) is 13.2 Å². The first-order chi connectivity index (χ1) is 11.0. The van der Waals surface area contributed by atoms with Gasteiger partial charge in [0.05, 0.1) is 23.9 Å². The zero-order chi connectivity index (χ0) is 16.6. The first-order valence-electron chi connectivity index (χ1n) is 6.60. The third-order valence-corrected chi connectivity index (χ3v) is 4.41. The van der Waals surface area contributed by atoms with E-state index in [4.69, 9.17) is 51.9 Å². The van der Waals surface area contributed by atoms with Gasteiger partial charge in [0.2, 0.25) is 9.54 Å². The number of ether oxygens (including phenoxy) is 2. The van der Waals surface area contributed by atoms with Crippen LogP contribution in [-0.4, -0.2) is 27.1 Å². The fourth-order valence-electron chi connectivity index (χ4n) is 2.29. The number of halogens is 2. The second-order valence-corrected chi connectivity index (χ2v) is 5.82. The van der Waals surface area contributed by atoms with Crippen molar-refractivity contribution in [3.8, 4) is 23.8 Å². The average molecular weight is 372 g/mol. The minimum absolute atomic E-state index is 0.0196. The number of aromatic nitrogens is 3. The Morgan fingerprint density at radius 3 is 2.78 bits per heavy atom. The van der Waals surface area contributed by atoms with Gasteiger partial charge in [0.25, 0.3) is 0 Å². The van der Waals surface area contributed by atoms with Gasteiger partial charge in [-0.15, -0.1) is 6.42 Å². The van der Waals surface area contributed by atoms with Gasteiger partial charge in [-0.05, 0) is 30.5 Å². The van der Waals surface area contributed by atoms with Crippen LogP contribution in [0.2, 0.25) is 5.02 Å². The number of hydrogen-bond donors (Lipinski definition) is 0. The standard InChI is InChI=1S/C14H11ClFN3O2S2/c1-2-4-21-12-7-11(10(16)6-9(12)15)19-13(22)17-3-5-20-8-18(17)14(19)23/h1,6-7H,3-5,8H2. The molecule has 1 aliphatic heterocycles. The SMILES string of the molecule is C#CCOc1cc(-n2c(=S)n3n(c2=S)COCC3)c(F)cc1Cl. The van der Waals surface area contributed by atoms with E-state index in [1.807, 2.05) is 0 Å². The van der Waals surface area contributed by atoms with E-state index in [0.29, 0.717) is 22.7 Å². The molecular formula is C14H11ClFN3O2S2. The average Bonchev–Trinajstić information content (AvgIpc) is 2.79. The molecule has 0 amide bonds. The quantitative estimate of drug-likeness (QED) is 0.612. The maximum absolute atomic E-state index is 14.4.